The Hall–Kier alpha value is -1.75. The molecule has 1 aromatic heterocycles. The Balaban J connectivity index is 2.02. The van der Waals surface area contributed by atoms with Crippen molar-refractivity contribution < 1.29 is 5.11 Å². The molecule has 84 valence electrons. The van der Waals surface area contributed by atoms with E-state index in [1.165, 1.54) is 0 Å². The molecule has 0 fully saturated rings. The Morgan fingerprint density at radius 2 is 2.31 bits per heavy atom. The monoisotopic (exact) mass is 238 g/mol. The average Bonchev–Trinajstić information content (AvgIpc) is 2.66. The molecule has 0 saturated heterocycles. The molecule has 6 heteroatoms. The highest BCUT2D eigenvalue weighted by Gasteiger charge is 2.01. The standard InChI is InChI=1S/C10H11ClN4O/c1-15-6-8(13-14-15)5-12-7-2-3-10(16)9(11)4-7/h2-4,6,12,16H,5H2,1H3. The van der Waals surface area contributed by atoms with Crippen LogP contribution in [0.3, 0.4) is 0 Å². The number of phenolic OH excluding ortho intramolecular Hbond substituents is 1. The van der Waals surface area contributed by atoms with Crippen LogP contribution < -0.4 is 5.32 Å². The third kappa shape index (κ3) is 2.43. The summed E-state index contributed by atoms with van der Waals surface area (Å²) in [6, 6.07) is 4.95. The van der Waals surface area contributed by atoms with Crippen molar-refractivity contribution in [1.29, 1.82) is 0 Å². The van der Waals surface area contributed by atoms with Crippen molar-refractivity contribution in [2.75, 3.05) is 5.32 Å². The van der Waals surface area contributed by atoms with Gasteiger partial charge in [-0.3, -0.25) is 4.68 Å². The number of phenols is 1. The second kappa shape index (κ2) is 4.40. The summed E-state index contributed by atoms with van der Waals surface area (Å²) in [6.07, 6.45) is 1.83. The van der Waals surface area contributed by atoms with Gasteiger partial charge in [0.15, 0.2) is 0 Å². The number of benzene rings is 1. The number of aromatic hydroxyl groups is 1. The lowest BCUT2D eigenvalue weighted by molar-refractivity contribution is 0.475. The van der Waals surface area contributed by atoms with Crippen LogP contribution in [0.1, 0.15) is 5.69 Å². The fourth-order valence-electron chi connectivity index (χ4n) is 1.29. The van der Waals surface area contributed by atoms with Crippen molar-refractivity contribution in [2.45, 2.75) is 6.54 Å². The molecular formula is C10H11ClN4O. The maximum atomic E-state index is 9.25. The van der Waals surface area contributed by atoms with Crippen molar-refractivity contribution in [3.63, 3.8) is 0 Å². The number of hydrogen-bond acceptors (Lipinski definition) is 4. The molecule has 0 atom stereocenters. The van der Waals surface area contributed by atoms with Crippen LogP contribution in [0.2, 0.25) is 5.02 Å². The second-order valence-corrected chi connectivity index (χ2v) is 3.81. The molecule has 0 aliphatic rings. The topological polar surface area (TPSA) is 63.0 Å². The van der Waals surface area contributed by atoms with Gasteiger partial charge in [0.2, 0.25) is 0 Å². The minimum absolute atomic E-state index is 0.0757. The van der Waals surface area contributed by atoms with E-state index in [2.05, 4.69) is 15.6 Å². The van der Waals surface area contributed by atoms with Crippen LogP contribution in [0, 0.1) is 0 Å². The summed E-state index contributed by atoms with van der Waals surface area (Å²) in [4.78, 5) is 0. The smallest absolute Gasteiger partial charge is 0.134 e. The Labute approximate surface area is 97.7 Å². The van der Waals surface area contributed by atoms with Crippen molar-refractivity contribution in [3.05, 3.63) is 35.1 Å². The first-order valence-corrected chi connectivity index (χ1v) is 5.10. The van der Waals surface area contributed by atoms with Crippen molar-refractivity contribution in [2.24, 2.45) is 7.05 Å². The number of hydrogen-bond donors (Lipinski definition) is 2. The van der Waals surface area contributed by atoms with Gasteiger partial charge in [-0.15, -0.1) is 5.10 Å². The molecule has 2 N–H and O–H groups in total. The summed E-state index contributed by atoms with van der Waals surface area (Å²) in [6.45, 7) is 0.564. The fourth-order valence-corrected chi connectivity index (χ4v) is 1.47. The lowest BCUT2D eigenvalue weighted by atomic mass is 10.3. The summed E-state index contributed by atoms with van der Waals surface area (Å²) in [5.41, 5.74) is 1.67. The van der Waals surface area contributed by atoms with E-state index >= 15 is 0 Å². The van der Waals surface area contributed by atoms with Crippen molar-refractivity contribution in [1.82, 2.24) is 15.0 Å². The van der Waals surface area contributed by atoms with Gasteiger partial charge in [0.1, 0.15) is 11.4 Å². The van der Waals surface area contributed by atoms with Gasteiger partial charge in [-0.2, -0.15) is 0 Å². The normalized spacial score (nSPS) is 10.4. The molecule has 2 rings (SSSR count). The minimum atomic E-state index is 0.0757. The lowest BCUT2D eigenvalue weighted by Crippen LogP contribution is -1.99. The van der Waals surface area contributed by atoms with Crippen LogP contribution in [0.4, 0.5) is 5.69 Å². The summed E-state index contributed by atoms with van der Waals surface area (Å²) >= 11 is 5.78. The van der Waals surface area contributed by atoms with E-state index in [-0.39, 0.29) is 5.75 Å². The average molecular weight is 239 g/mol. The summed E-state index contributed by atoms with van der Waals surface area (Å²) in [7, 11) is 1.81. The zero-order valence-corrected chi connectivity index (χ0v) is 9.44. The number of nitrogens with zero attached hydrogens (tertiary/aromatic N) is 3. The zero-order chi connectivity index (χ0) is 11.5. The Bertz CT molecular complexity index is 497. The van der Waals surface area contributed by atoms with Gasteiger partial charge in [0, 0.05) is 18.9 Å². The number of aromatic nitrogens is 3. The van der Waals surface area contributed by atoms with Crippen LogP contribution >= 0.6 is 11.6 Å². The highest BCUT2D eigenvalue weighted by Crippen LogP contribution is 2.26. The molecule has 5 nitrogen and oxygen atoms in total. The van der Waals surface area contributed by atoms with Gasteiger partial charge in [-0.05, 0) is 18.2 Å². The van der Waals surface area contributed by atoms with E-state index in [4.69, 9.17) is 11.6 Å². The van der Waals surface area contributed by atoms with E-state index in [0.29, 0.717) is 11.6 Å². The van der Waals surface area contributed by atoms with Crippen molar-refractivity contribution >= 4 is 17.3 Å². The molecule has 1 aromatic carbocycles. The lowest BCUT2D eigenvalue weighted by Gasteiger charge is -2.05. The molecule has 0 radical (unpaired) electrons. The van der Waals surface area contributed by atoms with Crippen molar-refractivity contribution in [3.8, 4) is 5.75 Å². The number of anilines is 1. The molecule has 1 heterocycles. The fraction of sp³-hybridized carbons (Fsp3) is 0.200. The van der Waals surface area contributed by atoms with Crippen LogP contribution in [0.25, 0.3) is 0 Å². The number of nitrogens with one attached hydrogen (secondary N) is 1. The quantitative estimate of drug-likeness (QED) is 0.801. The summed E-state index contributed by atoms with van der Waals surface area (Å²) < 4.78 is 1.64. The van der Waals surface area contributed by atoms with E-state index in [0.717, 1.165) is 11.4 Å². The SMILES string of the molecule is Cn1cc(CNc2ccc(O)c(Cl)c2)nn1. The minimum Gasteiger partial charge on any atom is -0.506 e. The van der Waals surface area contributed by atoms with Gasteiger partial charge in [-0.25, -0.2) is 0 Å². The second-order valence-electron chi connectivity index (χ2n) is 3.40. The summed E-state index contributed by atoms with van der Waals surface area (Å²) in [5.74, 6) is 0.0757. The van der Waals surface area contributed by atoms with Gasteiger partial charge in [-0.1, -0.05) is 16.8 Å². The van der Waals surface area contributed by atoms with Crippen LogP contribution in [0.5, 0.6) is 5.75 Å². The Morgan fingerprint density at radius 1 is 1.50 bits per heavy atom. The molecular weight excluding hydrogens is 228 g/mol. The first-order valence-electron chi connectivity index (χ1n) is 4.73. The maximum Gasteiger partial charge on any atom is 0.134 e. The van der Waals surface area contributed by atoms with Gasteiger partial charge < -0.3 is 10.4 Å². The molecule has 0 aliphatic heterocycles. The van der Waals surface area contributed by atoms with E-state index in [1.807, 2.05) is 13.2 Å². The first kappa shape index (κ1) is 10.8. The third-order valence-electron chi connectivity index (χ3n) is 2.07. The Kier molecular flexibility index (Phi) is 2.96. The summed E-state index contributed by atoms with van der Waals surface area (Å²) in [5, 5.41) is 20.5. The third-order valence-corrected chi connectivity index (χ3v) is 2.37. The van der Waals surface area contributed by atoms with Crippen LogP contribution in [-0.4, -0.2) is 20.1 Å². The molecule has 0 spiro atoms. The molecule has 2 aromatic rings. The van der Waals surface area contributed by atoms with Crippen LogP contribution in [0.15, 0.2) is 24.4 Å². The highest BCUT2D eigenvalue weighted by molar-refractivity contribution is 6.32. The first-order chi connectivity index (χ1) is 7.65. The van der Waals surface area contributed by atoms with E-state index in [1.54, 1.807) is 22.9 Å². The highest BCUT2D eigenvalue weighted by atomic mass is 35.5. The van der Waals surface area contributed by atoms with E-state index in [9.17, 15) is 5.11 Å². The van der Waals surface area contributed by atoms with Gasteiger partial charge >= 0.3 is 0 Å². The van der Waals surface area contributed by atoms with Gasteiger partial charge in [0.05, 0.1) is 11.6 Å². The zero-order valence-electron chi connectivity index (χ0n) is 8.68. The molecule has 16 heavy (non-hydrogen) atoms. The molecule has 0 bridgehead atoms. The van der Waals surface area contributed by atoms with Crippen LogP contribution in [-0.2, 0) is 13.6 Å². The number of aryl methyl sites for hydroxylation is 1. The van der Waals surface area contributed by atoms with E-state index < -0.39 is 0 Å². The predicted octanol–water partition coefficient (Wildman–Crippen LogP) is 1.79. The molecule has 0 unspecified atom stereocenters. The maximum absolute atomic E-state index is 9.25. The Morgan fingerprint density at radius 3 is 2.94 bits per heavy atom. The number of halogens is 1. The predicted molar refractivity (Wildman–Crippen MR) is 61.4 cm³/mol. The largest absolute Gasteiger partial charge is 0.506 e. The molecule has 0 aliphatic carbocycles. The molecule has 0 amide bonds. The number of rotatable bonds is 3. The van der Waals surface area contributed by atoms with Gasteiger partial charge in [0.25, 0.3) is 0 Å². The molecule has 0 saturated carbocycles.